The van der Waals surface area contributed by atoms with Crippen molar-refractivity contribution in [3.8, 4) is 0 Å². The van der Waals surface area contributed by atoms with E-state index in [1.807, 2.05) is 31.2 Å². The number of para-hydroxylation sites is 1. The van der Waals surface area contributed by atoms with Crippen LogP contribution < -0.4 is 10.6 Å². The molecule has 4 heteroatoms. The number of amides is 2. The van der Waals surface area contributed by atoms with Crippen LogP contribution in [0.15, 0.2) is 24.3 Å². The molecule has 0 aliphatic rings. The summed E-state index contributed by atoms with van der Waals surface area (Å²) in [6, 6.07) is 7.73. The fourth-order valence-corrected chi connectivity index (χ4v) is 1.91. The van der Waals surface area contributed by atoms with Crippen molar-refractivity contribution in [1.29, 1.82) is 0 Å². The summed E-state index contributed by atoms with van der Waals surface area (Å²) in [6.45, 7) is 6.22. The molecule has 0 bridgehead atoms. The number of nitrogens with one attached hydrogen (secondary N) is 2. The van der Waals surface area contributed by atoms with Gasteiger partial charge in [0, 0.05) is 12.1 Å². The number of rotatable bonds is 7. The third kappa shape index (κ3) is 5.43. The van der Waals surface area contributed by atoms with Crippen molar-refractivity contribution < 1.29 is 9.59 Å². The first-order valence-electron chi connectivity index (χ1n) is 7.20. The molecule has 0 aliphatic heterocycles. The number of benzene rings is 1. The highest BCUT2D eigenvalue weighted by molar-refractivity contribution is 5.95. The molecule has 0 fully saturated rings. The minimum Gasteiger partial charge on any atom is -0.347 e. The molecule has 0 heterocycles. The van der Waals surface area contributed by atoms with E-state index in [1.165, 1.54) is 0 Å². The molecule has 20 heavy (non-hydrogen) atoms. The summed E-state index contributed by atoms with van der Waals surface area (Å²) in [6.07, 6.45) is 2.30. The lowest BCUT2D eigenvalue weighted by molar-refractivity contribution is -0.124. The number of hydrogen-bond donors (Lipinski definition) is 2. The van der Waals surface area contributed by atoms with Gasteiger partial charge in [0.1, 0.15) is 0 Å². The quantitative estimate of drug-likeness (QED) is 0.804. The van der Waals surface area contributed by atoms with Gasteiger partial charge in [0.2, 0.25) is 11.8 Å². The van der Waals surface area contributed by atoms with E-state index >= 15 is 0 Å². The van der Waals surface area contributed by atoms with Gasteiger partial charge in [0.15, 0.2) is 0 Å². The van der Waals surface area contributed by atoms with Crippen LogP contribution in [0.3, 0.4) is 0 Å². The Kier molecular flexibility index (Phi) is 6.77. The van der Waals surface area contributed by atoms with Crippen LogP contribution in [-0.2, 0) is 9.59 Å². The second kappa shape index (κ2) is 8.35. The predicted octanol–water partition coefficient (Wildman–Crippen LogP) is 3.05. The summed E-state index contributed by atoms with van der Waals surface area (Å²) < 4.78 is 0. The van der Waals surface area contributed by atoms with Gasteiger partial charge >= 0.3 is 0 Å². The lowest BCUT2D eigenvalue weighted by Gasteiger charge is -2.13. The normalized spacial score (nSPS) is 10.4. The largest absolute Gasteiger partial charge is 0.347 e. The Morgan fingerprint density at radius 2 is 1.85 bits per heavy atom. The van der Waals surface area contributed by atoms with Gasteiger partial charge in [0.25, 0.3) is 0 Å². The van der Waals surface area contributed by atoms with Crippen LogP contribution in [0.1, 0.15) is 51.5 Å². The van der Waals surface area contributed by atoms with E-state index in [0.717, 1.165) is 24.1 Å². The van der Waals surface area contributed by atoms with Crippen LogP contribution in [0.4, 0.5) is 5.69 Å². The van der Waals surface area contributed by atoms with E-state index in [0.29, 0.717) is 12.3 Å². The smallest absolute Gasteiger partial charge is 0.243 e. The molecule has 1 aromatic carbocycles. The zero-order valence-corrected chi connectivity index (χ0v) is 12.5. The van der Waals surface area contributed by atoms with E-state index in [9.17, 15) is 9.59 Å². The third-order valence-corrected chi connectivity index (χ3v) is 3.06. The second-order valence-electron chi connectivity index (χ2n) is 5.17. The van der Waals surface area contributed by atoms with Gasteiger partial charge in [-0.3, -0.25) is 9.59 Å². The minimum absolute atomic E-state index is 0.0228. The van der Waals surface area contributed by atoms with Crippen LogP contribution in [0.2, 0.25) is 0 Å². The van der Waals surface area contributed by atoms with Gasteiger partial charge in [0.05, 0.1) is 6.54 Å². The molecule has 0 aliphatic carbocycles. The number of hydrogen-bond acceptors (Lipinski definition) is 2. The van der Waals surface area contributed by atoms with Gasteiger partial charge < -0.3 is 10.6 Å². The van der Waals surface area contributed by atoms with E-state index in [4.69, 9.17) is 0 Å². The third-order valence-electron chi connectivity index (χ3n) is 3.06. The maximum atomic E-state index is 11.8. The van der Waals surface area contributed by atoms with Crippen molar-refractivity contribution in [3.63, 3.8) is 0 Å². The molecule has 2 N–H and O–H groups in total. The molecule has 0 saturated heterocycles. The topological polar surface area (TPSA) is 58.2 Å². The first kappa shape index (κ1) is 16.2. The molecule has 0 aromatic heterocycles. The van der Waals surface area contributed by atoms with Gasteiger partial charge in [-0.1, -0.05) is 45.4 Å². The zero-order chi connectivity index (χ0) is 15.0. The SMILES string of the molecule is CCCCC(=O)NCC(=O)Nc1ccccc1C(C)C. The van der Waals surface area contributed by atoms with Gasteiger partial charge in [-0.05, 0) is 24.0 Å². The molecule has 1 rings (SSSR count). The highest BCUT2D eigenvalue weighted by Gasteiger charge is 2.09. The Hall–Kier alpha value is -1.84. The Balaban J connectivity index is 2.49. The summed E-state index contributed by atoms with van der Waals surface area (Å²) in [7, 11) is 0. The molecule has 2 amide bonds. The average molecular weight is 276 g/mol. The summed E-state index contributed by atoms with van der Waals surface area (Å²) in [5.74, 6) is 0.0766. The molecule has 0 spiro atoms. The van der Waals surface area contributed by atoms with Crippen LogP contribution in [0.25, 0.3) is 0 Å². The van der Waals surface area contributed by atoms with Crippen LogP contribution in [0.5, 0.6) is 0 Å². The van der Waals surface area contributed by atoms with Crippen LogP contribution in [-0.4, -0.2) is 18.4 Å². The number of anilines is 1. The predicted molar refractivity (Wildman–Crippen MR) is 81.7 cm³/mol. The van der Waals surface area contributed by atoms with Crippen molar-refractivity contribution in [2.24, 2.45) is 0 Å². The first-order valence-corrected chi connectivity index (χ1v) is 7.20. The van der Waals surface area contributed by atoms with Crippen molar-refractivity contribution in [2.45, 2.75) is 46.0 Å². The van der Waals surface area contributed by atoms with Crippen LogP contribution >= 0.6 is 0 Å². The summed E-state index contributed by atoms with van der Waals surface area (Å²) >= 11 is 0. The van der Waals surface area contributed by atoms with E-state index in [1.54, 1.807) is 0 Å². The maximum Gasteiger partial charge on any atom is 0.243 e. The molecular formula is C16H24N2O2. The maximum absolute atomic E-state index is 11.8. The number of carbonyl (C=O) groups excluding carboxylic acids is 2. The van der Waals surface area contributed by atoms with Gasteiger partial charge in [-0.2, -0.15) is 0 Å². The molecule has 0 radical (unpaired) electrons. The molecule has 0 saturated carbocycles. The average Bonchev–Trinajstić information content (AvgIpc) is 2.43. The molecule has 110 valence electrons. The molecule has 1 aromatic rings. The molecule has 4 nitrogen and oxygen atoms in total. The van der Waals surface area contributed by atoms with Gasteiger partial charge in [-0.15, -0.1) is 0 Å². The number of carbonyl (C=O) groups is 2. The minimum atomic E-state index is -0.192. The standard InChI is InChI=1S/C16H24N2O2/c1-4-5-10-15(19)17-11-16(20)18-14-9-7-6-8-13(14)12(2)3/h6-9,12H,4-5,10-11H2,1-3H3,(H,17,19)(H,18,20). The van der Waals surface area contributed by atoms with Crippen molar-refractivity contribution >= 4 is 17.5 Å². The highest BCUT2D eigenvalue weighted by Crippen LogP contribution is 2.23. The fraction of sp³-hybridized carbons (Fsp3) is 0.500. The van der Waals surface area contributed by atoms with E-state index in [2.05, 4.69) is 24.5 Å². The Labute approximate surface area is 121 Å². The highest BCUT2D eigenvalue weighted by atomic mass is 16.2. The van der Waals surface area contributed by atoms with Crippen molar-refractivity contribution in [2.75, 3.05) is 11.9 Å². The second-order valence-corrected chi connectivity index (χ2v) is 5.17. The molecule has 0 unspecified atom stereocenters. The van der Waals surface area contributed by atoms with E-state index < -0.39 is 0 Å². The Morgan fingerprint density at radius 1 is 1.15 bits per heavy atom. The first-order chi connectivity index (χ1) is 9.54. The number of unbranched alkanes of at least 4 members (excludes halogenated alkanes) is 1. The van der Waals surface area contributed by atoms with Crippen molar-refractivity contribution in [1.82, 2.24) is 5.32 Å². The Morgan fingerprint density at radius 3 is 2.50 bits per heavy atom. The summed E-state index contributed by atoms with van der Waals surface area (Å²) in [5, 5.41) is 5.48. The molecule has 0 atom stereocenters. The summed E-state index contributed by atoms with van der Waals surface area (Å²) in [5.41, 5.74) is 1.91. The lowest BCUT2D eigenvalue weighted by Crippen LogP contribution is -2.32. The Bertz CT molecular complexity index is 456. The zero-order valence-electron chi connectivity index (χ0n) is 12.5. The van der Waals surface area contributed by atoms with Crippen LogP contribution in [0, 0.1) is 0 Å². The van der Waals surface area contributed by atoms with Gasteiger partial charge in [-0.25, -0.2) is 0 Å². The summed E-state index contributed by atoms with van der Waals surface area (Å²) in [4.78, 5) is 23.3. The fourth-order valence-electron chi connectivity index (χ4n) is 1.91. The lowest BCUT2D eigenvalue weighted by atomic mass is 10.0. The monoisotopic (exact) mass is 276 g/mol. The van der Waals surface area contributed by atoms with E-state index in [-0.39, 0.29) is 18.4 Å². The molecular weight excluding hydrogens is 252 g/mol. The van der Waals surface area contributed by atoms with Crippen molar-refractivity contribution in [3.05, 3.63) is 29.8 Å².